The Labute approximate surface area is 169 Å². The van der Waals surface area contributed by atoms with E-state index in [2.05, 4.69) is 10.4 Å². The summed E-state index contributed by atoms with van der Waals surface area (Å²) in [5.41, 5.74) is 3.25. The van der Waals surface area contributed by atoms with E-state index in [0.717, 1.165) is 64.2 Å². The Kier molecular flexibility index (Phi) is 7.33. The van der Waals surface area contributed by atoms with E-state index in [1.54, 1.807) is 0 Å². The molecule has 0 radical (unpaired) electrons. The fraction of sp³-hybridized carbons (Fsp3) is 1.00. The number of hydrogen-bond donors (Lipinski definition) is 1. The fourth-order valence-electron chi connectivity index (χ4n) is 5.38. The molecule has 29 heavy (non-hydrogen) atoms. The molecule has 4 atom stereocenters. The molecule has 3 fully saturated rings. The Morgan fingerprint density at radius 1 is 0.655 bits per heavy atom. The molecule has 3 aliphatic carbocycles. The lowest BCUT2D eigenvalue weighted by atomic mass is 9.83. The minimum atomic E-state index is -1.34. The molecule has 0 aromatic carbocycles. The highest BCUT2D eigenvalue weighted by molar-refractivity contribution is 4.94. The molecule has 1 N–H and O–H groups in total. The van der Waals surface area contributed by atoms with Crippen LogP contribution in [-0.2, 0) is 0 Å². The van der Waals surface area contributed by atoms with E-state index in [1.807, 2.05) is 0 Å². The molecule has 0 saturated heterocycles. The number of rotatable bonds is 7. The van der Waals surface area contributed by atoms with Crippen LogP contribution >= 0.6 is 0 Å². The maximum Gasteiger partial charge on any atom is 0.242 e. The van der Waals surface area contributed by atoms with Gasteiger partial charge in [-0.3, -0.25) is 30.3 Å². The third-order valence-electron chi connectivity index (χ3n) is 6.93. The molecule has 0 amide bonds. The number of nitro groups is 3. The van der Waals surface area contributed by atoms with Gasteiger partial charge < -0.3 is 0 Å². The van der Waals surface area contributed by atoms with Gasteiger partial charge in [0, 0.05) is 26.9 Å². The SMILES string of the molecule is O=[N+]([O-])[C@H]1C[C@@H]([N+](=O)[O-])C(NN(C2CCCCC2)C2CCCCC2)[C@@H]([N+](=O)[O-])C1. The Bertz CT molecular complexity index is 566. The third kappa shape index (κ3) is 5.19. The molecule has 0 heterocycles. The van der Waals surface area contributed by atoms with Crippen LogP contribution in [0.3, 0.4) is 0 Å². The van der Waals surface area contributed by atoms with E-state index < -0.39 is 38.9 Å². The van der Waals surface area contributed by atoms with Crippen LogP contribution in [0.25, 0.3) is 0 Å². The average molecular weight is 413 g/mol. The second-order valence-electron chi connectivity index (χ2n) is 8.76. The van der Waals surface area contributed by atoms with E-state index in [1.165, 1.54) is 0 Å². The lowest BCUT2D eigenvalue weighted by molar-refractivity contribution is -0.610. The summed E-state index contributed by atoms with van der Waals surface area (Å²) in [6, 6.07) is -4.55. The molecule has 3 aliphatic rings. The normalized spacial score (nSPS) is 32.2. The van der Waals surface area contributed by atoms with Crippen LogP contribution in [-0.4, -0.2) is 56.0 Å². The molecule has 1 unspecified atom stereocenters. The number of hydrogen-bond acceptors (Lipinski definition) is 8. The highest BCUT2D eigenvalue weighted by Gasteiger charge is 2.55. The summed E-state index contributed by atoms with van der Waals surface area (Å²) < 4.78 is 0. The molecule has 3 saturated carbocycles. The molecular formula is C18H31N5O6. The number of hydrazine groups is 1. The molecule has 0 spiro atoms. The van der Waals surface area contributed by atoms with Gasteiger partial charge >= 0.3 is 0 Å². The lowest BCUT2D eigenvalue weighted by Gasteiger charge is -2.44. The van der Waals surface area contributed by atoms with Crippen molar-refractivity contribution in [2.75, 3.05) is 0 Å². The van der Waals surface area contributed by atoms with Gasteiger partial charge in [-0.1, -0.05) is 38.5 Å². The summed E-state index contributed by atoms with van der Waals surface area (Å²) in [4.78, 5) is 33.0. The van der Waals surface area contributed by atoms with Crippen molar-refractivity contribution in [3.8, 4) is 0 Å². The van der Waals surface area contributed by atoms with E-state index in [-0.39, 0.29) is 24.9 Å². The van der Waals surface area contributed by atoms with Crippen LogP contribution in [0.15, 0.2) is 0 Å². The van der Waals surface area contributed by atoms with Crippen LogP contribution in [0.5, 0.6) is 0 Å². The standard InChI is InChI=1S/C18H31N5O6/c24-21(25)15-11-16(22(26)27)18(17(12-15)23(28)29)19-20(13-7-3-1-4-8-13)14-9-5-2-6-10-14/h13-19H,1-12H2/t15-,16+,17-,18?. The summed E-state index contributed by atoms with van der Waals surface area (Å²) in [5.74, 6) is 0. The Morgan fingerprint density at radius 2 is 1.07 bits per heavy atom. The highest BCUT2D eigenvalue weighted by Crippen LogP contribution is 2.32. The largest absolute Gasteiger partial charge is 0.264 e. The first-order valence-corrected chi connectivity index (χ1v) is 10.8. The number of nitrogens with zero attached hydrogens (tertiary/aromatic N) is 4. The van der Waals surface area contributed by atoms with Crippen molar-refractivity contribution in [1.82, 2.24) is 10.4 Å². The monoisotopic (exact) mass is 413 g/mol. The maximum atomic E-state index is 11.7. The predicted molar refractivity (Wildman–Crippen MR) is 104 cm³/mol. The molecule has 164 valence electrons. The minimum absolute atomic E-state index is 0.208. The van der Waals surface area contributed by atoms with E-state index in [0.29, 0.717) is 0 Å². The Hall–Kier alpha value is -1.88. The van der Waals surface area contributed by atoms with E-state index in [9.17, 15) is 30.3 Å². The van der Waals surface area contributed by atoms with Crippen molar-refractivity contribution in [2.45, 2.75) is 113 Å². The summed E-state index contributed by atoms with van der Waals surface area (Å²) in [5, 5.41) is 36.8. The highest BCUT2D eigenvalue weighted by atomic mass is 16.6. The molecule has 11 heteroatoms. The summed E-state index contributed by atoms with van der Waals surface area (Å²) >= 11 is 0. The van der Waals surface area contributed by atoms with Crippen molar-refractivity contribution in [1.29, 1.82) is 0 Å². The zero-order valence-corrected chi connectivity index (χ0v) is 16.7. The van der Waals surface area contributed by atoms with Gasteiger partial charge in [0.25, 0.3) is 0 Å². The molecule has 0 aliphatic heterocycles. The zero-order chi connectivity index (χ0) is 21.0. The van der Waals surface area contributed by atoms with Gasteiger partial charge in [0.1, 0.15) is 0 Å². The van der Waals surface area contributed by atoms with Crippen molar-refractivity contribution in [3.05, 3.63) is 30.3 Å². The van der Waals surface area contributed by atoms with Gasteiger partial charge in [-0.15, -0.1) is 0 Å². The van der Waals surface area contributed by atoms with Crippen molar-refractivity contribution >= 4 is 0 Å². The first kappa shape index (κ1) is 21.8. The average Bonchev–Trinajstić information content (AvgIpc) is 2.72. The molecule has 3 rings (SSSR count). The van der Waals surface area contributed by atoms with Gasteiger partial charge in [0.05, 0.1) is 12.8 Å². The summed E-state index contributed by atoms with van der Waals surface area (Å²) in [7, 11) is 0. The molecule has 0 aromatic heterocycles. The smallest absolute Gasteiger partial charge is 0.242 e. The quantitative estimate of drug-likeness (QED) is 0.495. The molecule has 0 bridgehead atoms. The van der Waals surface area contributed by atoms with Crippen LogP contribution in [0.1, 0.15) is 77.0 Å². The van der Waals surface area contributed by atoms with E-state index in [4.69, 9.17) is 0 Å². The first-order chi connectivity index (χ1) is 13.9. The first-order valence-electron chi connectivity index (χ1n) is 10.8. The predicted octanol–water partition coefficient (Wildman–Crippen LogP) is 2.56. The zero-order valence-electron chi connectivity index (χ0n) is 16.7. The fourth-order valence-corrected chi connectivity index (χ4v) is 5.38. The Morgan fingerprint density at radius 3 is 1.41 bits per heavy atom. The second kappa shape index (κ2) is 9.75. The van der Waals surface area contributed by atoms with Crippen LogP contribution in [0, 0.1) is 30.3 Å². The maximum absolute atomic E-state index is 11.7. The minimum Gasteiger partial charge on any atom is -0.264 e. The van der Waals surface area contributed by atoms with Crippen molar-refractivity contribution < 1.29 is 14.8 Å². The number of nitrogens with one attached hydrogen (secondary N) is 1. The van der Waals surface area contributed by atoms with Gasteiger partial charge in [-0.05, 0) is 25.7 Å². The molecular weight excluding hydrogens is 382 g/mol. The third-order valence-corrected chi connectivity index (χ3v) is 6.93. The van der Waals surface area contributed by atoms with Crippen LogP contribution < -0.4 is 5.43 Å². The molecule has 0 aromatic rings. The van der Waals surface area contributed by atoms with E-state index >= 15 is 0 Å². The second-order valence-corrected chi connectivity index (χ2v) is 8.76. The summed E-state index contributed by atoms with van der Waals surface area (Å²) in [6.45, 7) is 0. The van der Waals surface area contributed by atoms with Gasteiger partial charge in [0.2, 0.25) is 18.1 Å². The topological polar surface area (TPSA) is 145 Å². The van der Waals surface area contributed by atoms with Gasteiger partial charge in [-0.2, -0.15) is 0 Å². The van der Waals surface area contributed by atoms with Crippen LogP contribution in [0.4, 0.5) is 0 Å². The van der Waals surface area contributed by atoms with Gasteiger partial charge in [0.15, 0.2) is 6.04 Å². The Balaban J connectivity index is 1.86. The van der Waals surface area contributed by atoms with Crippen molar-refractivity contribution in [3.63, 3.8) is 0 Å². The van der Waals surface area contributed by atoms with Gasteiger partial charge in [-0.25, -0.2) is 10.4 Å². The van der Waals surface area contributed by atoms with Crippen LogP contribution in [0.2, 0.25) is 0 Å². The lowest BCUT2D eigenvalue weighted by Crippen LogP contribution is -2.66. The summed E-state index contributed by atoms with van der Waals surface area (Å²) in [6.07, 6.45) is 10.0. The molecule has 11 nitrogen and oxygen atoms in total. The van der Waals surface area contributed by atoms with Crippen molar-refractivity contribution in [2.24, 2.45) is 0 Å².